The number of nitro groups is 1. The van der Waals surface area contributed by atoms with Crippen molar-refractivity contribution in [3.8, 4) is 0 Å². The normalized spacial score (nSPS) is 9.77. The number of halogens is 2. The van der Waals surface area contributed by atoms with Crippen molar-refractivity contribution >= 4 is 34.0 Å². The summed E-state index contributed by atoms with van der Waals surface area (Å²) in [6, 6.07) is 2.31. The highest BCUT2D eigenvalue weighted by Crippen LogP contribution is 2.27. The van der Waals surface area contributed by atoms with Crippen molar-refractivity contribution in [1.82, 2.24) is 0 Å². The van der Waals surface area contributed by atoms with Gasteiger partial charge in [-0.1, -0.05) is 0 Å². The number of nitrogens with one attached hydrogen (secondary N) is 1. The molecule has 0 fully saturated rings. The van der Waals surface area contributed by atoms with Gasteiger partial charge in [0.05, 0.1) is 8.49 Å². The van der Waals surface area contributed by atoms with Crippen LogP contribution in [-0.2, 0) is 0 Å². The molecule has 4 nitrogen and oxygen atoms in total. The van der Waals surface area contributed by atoms with Gasteiger partial charge in [-0.2, -0.15) is 0 Å². The quantitative estimate of drug-likeness (QED) is 0.518. The predicted molar refractivity (Wildman–Crippen MR) is 55.3 cm³/mol. The van der Waals surface area contributed by atoms with Crippen LogP contribution >= 0.6 is 22.6 Å². The maximum Gasteiger partial charge on any atom is 0.293 e. The molecule has 0 saturated carbocycles. The third-order valence-electron chi connectivity index (χ3n) is 1.50. The summed E-state index contributed by atoms with van der Waals surface area (Å²) in [6.45, 7) is 0. The molecule has 0 saturated heterocycles. The van der Waals surface area contributed by atoms with E-state index in [1.54, 1.807) is 22.6 Å². The molecule has 0 atom stereocenters. The van der Waals surface area contributed by atoms with Crippen molar-refractivity contribution in [3.05, 3.63) is 31.6 Å². The Bertz CT molecular complexity index is 357. The van der Waals surface area contributed by atoms with Crippen molar-refractivity contribution in [3.63, 3.8) is 0 Å². The van der Waals surface area contributed by atoms with E-state index in [-0.39, 0.29) is 14.9 Å². The van der Waals surface area contributed by atoms with Crippen LogP contribution in [0.1, 0.15) is 0 Å². The number of benzene rings is 1. The van der Waals surface area contributed by atoms with Crippen LogP contribution in [0.15, 0.2) is 12.1 Å². The average Bonchev–Trinajstić information content (AvgIpc) is 2.08. The Balaban J connectivity index is 3.33. The fraction of sp³-hybridized carbons (Fsp3) is 0.143. The Morgan fingerprint density at radius 3 is 2.69 bits per heavy atom. The summed E-state index contributed by atoms with van der Waals surface area (Å²) in [7, 11) is 1.51. The van der Waals surface area contributed by atoms with Crippen LogP contribution in [-0.4, -0.2) is 12.0 Å². The number of nitrogens with zero attached hydrogens (tertiary/aromatic N) is 1. The molecular formula is C7H6FIN2O2. The smallest absolute Gasteiger partial charge is 0.293 e. The van der Waals surface area contributed by atoms with Gasteiger partial charge >= 0.3 is 0 Å². The number of hydrogen-bond donors (Lipinski definition) is 1. The lowest BCUT2D eigenvalue weighted by molar-refractivity contribution is -0.384. The first-order chi connectivity index (χ1) is 6.06. The number of rotatable bonds is 2. The summed E-state index contributed by atoms with van der Waals surface area (Å²) in [5.74, 6) is -0.462. The van der Waals surface area contributed by atoms with Gasteiger partial charge in [0.2, 0.25) is 0 Å². The first-order valence-electron chi connectivity index (χ1n) is 3.37. The molecule has 0 heterocycles. The average molecular weight is 296 g/mol. The third-order valence-corrected chi connectivity index (χ3v) is 2.33. The molecule has 0 bridgehead atoms. The van der Waals surface area contributed by atoms with Crippen molar-refractivity contribution in [2.24, 2.45) is 0 Å². The Labute approximate surface area is 87.4 Å². The van der Waals surface area contributed by atoms with Gasteiger partial charge < -0.3 is 5.32 Å². The van der Waals surface area contributed by atoms with Crippen LogP contribution in [0.4, 0.5) is 15.8 Å². The highest BCUT2D eigenvalue weighted by molar-refractivity contribution is 14.1. The van der Waals surface area contributed by atoms with Crippen molar-refractivity contribution in [1.29, 1.82) is 0 Å². The molecule has 0 aromatic heterocycles. The highest BCUT2D eigenvalue weighted by Gasteiger charge is 2.15. The van der Waals surface area contributed by atoms with Gasteiger partial charge in [0.1, 0.15) is 11.5 Å². The molecule has 1 aromatic rings. The molecule has 0 amide bonds. The van der Waals surface area contributed by atoms with Gasteiger partial charge in [-0.15, -0.1) is 0 Å². The zero-order chi connectivity index (χ0) is 10.0. The van der Waals surface area contributed by atoms with Crippen LogP contribution in [0.2, 0.25) is 0 Å². The van der Waals surface area contributed by atoms with Crippen LogP contribution in [0.5, 0.6) is 0 Å². The molecule has 0 aliphatic carbocycles. The van der Waals surface area contributed by atoms with E-state index in [4.69, 9.17) is 0 Å². The van der Waals surface area contributed by atoms with Gasteiger partial charge in [-0.3, -0.25) is 10.1 Å². The van der Waals surface area contributed by atoms with E-state index in [2.05, 4.69) is 5.32 Å². The minimum Gasteiger partial charge on any atom is -0.382 e. The first kappa shape index (κ1) is 10.2. The Kier molecular flexibility index (Phi) is 3.02. The molecule has 1 N–H and O–H groups in total. The molecule has 0 spiro atoms. The molecule has 0 aliphatic heterocycles. The summed E-state index contributed by atoms with van der Waals surface area (Å²) < 4.78 is 13.2. The zero-order valence-corrected chi connectivity index (χ0v) is 8.83. The molecule has 1 rings (SSSR count). The topological polar surface area (TPSA) is 55.2 Å². The Morgan fingerprint density at radius 1 is 1.62 bits per heavy atom. The molecule has 0 aliphatic rings. The summed E-state index contributed by atoms with van der Waals surface area (Å²) in [6.07, 6.45) is 0. The second kappa shape index (κ2) is 3.86. The number of hydrogen-bond acceptors (Lipinski definition) is 3. The molecule has 0 radical (unpaired) electrons. The minimum atomic E-state index is -0.548. The van der Waals surface area contributed by atoms with Crippen LogP contribution < -0.4 is 5.32 Å². The van der Waals surface area contributed by atoms with E-state index in [9.17, 15) is 14.5 Å². The zero-order valence-electron chi connectivity index (χ0n) is 6.67. The van der Waals surface area contributed by atoms with Crippen molar-refractivity contribution in [2.45, 2.75) is 0 Å². The first-order valence-corrected chi connectivity index (χ1v) is 4.45. The van der Waals surface area contributed by atoms with Crippen LogP contribution in [0.25, 0.3) is 0 Å². The molecule has 70 valence electrons. The monoisotopic (exact) mass is 296 g/mol. The predicted octanol–water partition coefficient (Wildman–Crippen LogP) is 2.38. The fourth-order valence-corrected chi connectivity index (χ4v) is 1.34. The summed E-state index contributed by atoms with van der Waals surface area (Å²) >= 11 is 1.71. The van der Waals surface area contributed by atoms with Gasteiger partial charge in [0.15, 0.2) is 0 Å². The Morgan fingerprint density at radius 2 is 2.23 bits per heavy atom. The summed E-state index contributed by atoms with van der Waals surface area (Å²) in [5.41, 5.74) is 0.0659. The lowest BCUT2D eigenvalue weighted by Gasteiger charge is -2.02. The van der Waals surface area contributed by atoms with Gasteiger partial charge in [-0.05, 0) is 22.6 Å². The van der Waals surface area contributed by atoms with Gasteiger partial charge in [0, 0.05) is 19.2 Å². The largest absolute Gasteiger partial charge is 0.382 e. The molecule has 6 heteroatoms. The van der Waals surface area contributed by atoms with E-state index >= 15 is 0 Å². The van der Waals surface area contributed by atoms with Crippen molar-refractivity contribution in [2.75, 3.05) is 12.4 Å². The van der Waals surface area contributed by atoms with E-state index in [1.807, 2.05) is 0 Å². The molecular weight excluding hydrogens is 290 g/mol. The maximum atomic E-state index is 12.9. The fourth-order valence-electron chi connectivity index (χ4n) is 0.888. The van der Waals surface area contributed by atoms with E-state index < -0.39 is 10.7 Å². The highest BCUT2D eigenvalue weighted by atomic mass is 127. The summed E-state index contributed by atoms with van der Waals surface area (Å²) in [5, 5.41) is 13.0. The van der Waals surface area contributed by atoms with Gasteiger partial charge in [0.25, 0.3) is 5.69 Å². The number of anilines is 1. The second-order valence-electron chi connectivity index (χ2n) is 2.29. The van der Waals surface area contributed by atoms with E-state index in [1.165, 1.54) is 13.1 Å². The van der Waals surface area contributed by atoms with Crippen LogP contribution in [0.3, 0.4) is 0 Å². The lowest BCUT2D eigenvalue weighted by atomic mass is 10.2. The van der Waals surface area contributed by atoms with Crippen molar-refractivity contribution < 1.29 is 9.31 Å². The molecule has 1 aromatic carbocycles. The van der Waals surface area contributed by atoms with E-state index in [0.29, 0.717) is 0 Å². The number of nitro benzene ring substituents is 1. The molecule has 0 unspecified atom stereocenters. The molecule has 13 heavy (non-hydrogen) atoms. The van der Waals surface area contributed by atoms with Gasteiger partial charge in [-0.25, -0.2) is 4.39 Å². The SMILES string of the molecule is CNc1cc(F)c(I)cc1[N+](=O)[O-]. The van der Waals surface area contributed by atoms with Crippen LogP contribution in [0, 0.1) is 19.5 Å². The summed E-state index contributed by atoms with van der Waals surface area (Å²) in [4.78, 5) is 9.94. The Hall–Kier alpha value is -0.920. The maximum absolute atomic E-state index is 12.9. The third kappa shape index (κ3) is 2.06. The van der Waals surface area contributed by atoms with E-state index in [0.717, 1.165) is 6.07 Å². The standard InChI is InChI=1S/C7H6FIN2O2/c1-10-6-2-4(8)5(9)3-7(6)11(12)13/h2-3,10H,1H3. The second-order valence-corrected chi connectivity index (χ2v) is 3.45. The minimum absolute atomic E-state index is 0.117. The lowest BCUT2D eigenvalue weighted by Crippen LogP contribution is -1.98.